The van der Waals surface area contributed by atoms with Crippen LogP contribution in [-0.4, -0.2) is 23.2 Å². The molecule has 0 heterocycles. The molecule has 1 amide bonds. The van der Waals surface area contributed by atoms with Gasteiger partial charge in [0, 0.05) is 6.04 Å². The first-order valence-corrected chi connectivity index (χ1v) is 4.83. The highest BCUT2D eigenvalue weighted by atomic mass is 16.3. The van der Waals surface area contributed by atoms with Gasteiger partial charge in [-0.3, -0.25) is 4.79 Å². The summed E-state index contributed by atoms with van der Waals surface area (Å²) >= 11 is 0. The predicted octanol–water partition coefficient (Wildman–Crippen LogP) is 0.982. The zero-order chi connectivity index (χ0) is 9.68. The van der Waals surface area contributed by atoms with E-state index >= 15 is 0 Å². The van der Waals surface area contributed by atoms with Crippen LogP contribution in [0.5, 0.6) is 0 Å². The van der Waals surface area contributed by atoms with Crippen molar-refractivity contribution in [1.29, 1.82) is 0 Å². The predicted molar refractivity (Wildman–Crippen MR) is 51.2 cm³/mol. The van der Waals surface area contributed by atoms with Gasteiger partial charge in [0.05, 0.1) is 6.10 Å². The fraction of sp³-hybridized carbons (Fsp3) is 0.700. The van der Waals surface area contributed by atoms with Gasteiger partial charge < -0.3 is 10.4 Å². The van der Waals surface area contributed by atoms with Crippen LogP contribution in [0.25, 0.3) is 0 Å². The Morgan fingerprint density at radius 2 is 2.00 bits per heavy atom. The van der Waals surface area contributed by atoms with E-state index in [4.69, 9.17) is 0 Å². The van der Waals surface area contributed by atoms with Crippen molar-refractivity contribution in [2.45, 2.75) is 44.8 Å². The van der Waals surface area contributed by atoms with Crippen molar-refractivity contribution in [3.63, 3.8) is 0 Å². The number of amides is 1. The average molecular weight is 183 g/mol. The highest BCUT2D eigenvalue weighted by Crippen LogP contribution is 2.17. The number of aliphatic hydroxyl groups is 1. The molecule has 74 valence electrons. The van der Waals surface area contributed by atoms with Gasteiger partial charge >= 0.3 is 0 Å². The lowest BCUT2D eigenvalue weighted by molar-refractivity contribution is -0.117. The number of hydrogen-bond acceptors (Lipinski definition) is 2. The highest BCUT2D eigenvalue weighted by molar-refractivity contribution is 5.87. The van der Waals surface area contributed by atoms with E-state index < -0.39 is 0 Å². The molecule has 0 bridgehead atoms. The number of nitrogens with one attached hydrogen (secondary N) is 1. The highest BCUT2D eigenvalue weighted by Gasteiger charge is 2.19. The monoisotopic (exact) mass is 183 g/mol. The van der Waals surface area contributed by atoms with Gasteiger partial charge in [-0.1, -0.05) is 6.08 Å². The molecule has 1 aliphatic rings. The maximum Gasteiger partial charge on any atom is 0.243 e. The van der Waals surface area contributed by atoms with Crippen LogP contribution in [0.3, 0.4) is 0 Å². The SMILES string of the molecule is C/C=C/C(=O)NC1CCC(O)CC1. The summed E-state index contributed by atoms with van der Waals surface area (Å²) in [5.74, 6) is -0.0242. The van der Waals surface area contributed by atoms with Gasteiger partial charge in [-0.05, 0) is 38.7 Å². The fourth-order valence-electron chi connectivity index (χ4n) is 1.62. The van der Waals surface area contributed by atoms with Gasteiger partial charge in [-0.25, -0.2) is 0 Å². The summed E-state index contributed by atoms with van der Waals surface area (Å²) in [7, 11) is 0. The molecule has 1 aliphatic carbocycles. The number of aliphatic hydroxyl groups excluding tert-OH is 1. The standard InChI is InChI=1S/C10H17NO2/c1-2-3-10(13)11-8-4-6-9(12)7-5-8/h2-3,8-9,12H,4-7H2,1H3,(H,11,13)/b3-2+. The van der Waals surface area contributed by atoms with E-state index in [1.807, 2.05) is 6.92 Å². The van der Waals surface area contributed by atoms with Gasteiger partial charge in [-0.15, -0.1) is 0 Å². The molecule has 1 rings (SSSR count). The van der Waals surface area contributed by atoms with Gasteiger partial charge in [0.1, 0.15) is 0 Å². The van der Waals surface area contributed by atoms with Crippen molar-refractivity contribution < 1.29 is 9.90 Å². The molecule has 0 aromatic heterocycles. The maximum atomic E-state index is 11.1. The molecule has 3 heteroatoms. The van der Waals surface area contributed by atoms with Gasteiger partial charge in [0.25, 0.3) is 0 Å². The topological polar surface area (TPSA) is 49.3 Å². The summed E-state index contributed by atoms with van der Waals surface area (Å²) < 4.78 is 0. The molecular formula is C10H17NO2. The maximum absolute atomic E-state index is 11.1. The third-order valence-electron chi connectivity index (χ3n) is 2.36. The summed E-state index contributed by atoms with van der Waals surface area (Å²) in [5.41, 5.74) is 0. The second-order valence-electron chi connectivity index (χ2n) is 3.51. The number of carbonyl (C=O) groups is 1. The lowest BCUT2D eigenvalue weighted by Gasteiger charge is -2.25. The second-order valence-corrected chi connectivity index (χ2v) is 3.51. The van der Waals surface area contributed by atoms with Crippen LogP contribution in [0.15, 0.2) is 12.2 Å². The fourth-order valence-corrected chi connectivity index (χ4v) is 1.62. The molecule has 13 heavy (non-hydrogen) atoms. The van der Waals surface area contributed by atoms with Crippen LogP contribution in [-0.2, 0) is 4.79 Å². The van der Waals surface area contributed by atoms with Crippen LogP contribution in [0.4, 0.5) is 0 Å². The van der Waals surface area contributed by atoms with Gasteiger partial charge in [0.15, 0.2) is 0 Å². The molecule has 0 spiro atoms. The molecule has 1 fully saturated rings. The van der Waals surface area contributed by atoms with E-state index in [0.29, 0.717) is 0 Å². The quantitative estimate of drug-likeness (QED) is 0.627. The molecule has 0 aliphatic heterocycles. The van der Waals surface area contributed by atoms with Crippen LogP contribution >= 0.6 is 0 Å². The van der Waals surface area contributed by atoms with Crippen LogP contribution in [0, 0.1) is 0 Å². The van der Waals surface area contributed by atoms with E-state index in [-0.39, 0.29) is 18.1 Å². The summed E-state index contributed by atoms with van der Waals surface area (Å²) in [6.45, 7) is 1.82. The van der Waals surface area contributed by atoms with Crippen molar-refractivity contribution in [1.82, 2.24) is 5.32 Å². The smallest absolute Gasteiger partial charge is 0.243 e. The van der Waals surface area contributed by atoms with Crippen molar-refractivity contribution >= 4 is 5.91 Å². The normalized spacial score (nSPS) is 29.1. The zero-order valence-electron chi connectivity index (χ0n) is 7.99. The number of carbonyl (C=O) groups excluding carboxylic acids is 1. The summed E-state index contributed by atoms with van der Waals surface area (Å²) in [6, 6.07) is 0.257. The Hall–Kier alpha value is -0.830. The second kappa shape index (κ2) is 5.02. The Labute approximate surface area is 78.8 Å². The number of hydrogen-bond donors (Lipinski definition) is 2. The number of allylic oxidation sites excluding steroid dienone is 1. The first kappa shape index (κ1) is 10.3. The van der Waals surface area contributed by atoms with Crippen molar-refractivity contribution in [2.24, 2.45) is 0 Å². The van der Waals surface area contributed by atoms with Crippen molar-refractivity contribution in [3.8, 4) is 0 Å². The van der Waals surface area contributed by atoms with E-state index in [0.717, 1.165) is 25.7 Å². The molecule has 0 atom stereocenters. The van der Waals surface area contributed by atoms with E-state index in [9.17, 15) is 9.90 Å². The van der Waals surface area contributed by atoms with Gasteiger partial charge in [-0.2, -0.15) is 0 Å². The third-order valence-corrected chi connectivity index (χ3v) is 2.36. The minimum atomic E-state index is -0.158. The Bertz CT molecular complexity index is 193. The van der Waals surface area contributed by atoms with Crippen LogP contribution in [0.1, 0.15) is 32.6 Å². The first-order chi connectivity index (χ1) is 6.22. The Morgan fingerprint density at radius 3 is 2.54 bits per heavy atom. The molecule has 0 radical (unpaired) electrons. The van der Waals surface area contributed by atoms with Crippen LogP contribution in [0.2, 0.25) is 0 Å². The molecule has 2 N–H and O–H groups in total. The molecule has 0 aromatic carbocycles. The Morgan fingerprint density at radius 1 is 1.38 bits per heavy atom. The largest absolute Gasteiger partial charge is 0.393 e. The number of rotatable bonds is 2. The zero-order valence-corrected chi connectivity index (χ0v) is 7.99. The summed E-state index contributed by atoms with van der Waals surface area (Å²) in [6.07, 6.45) is 6.50. The minimum absolute atomic E-state index is 0.0242. The van der Waals surface area contributed by atoms with Crippen LogP contribution < -0.4 is 5.32 Å². The first-order valence-electron chi connectivity index (χ1n) is 4.83. The molecule has 1 saturated carbocycles. The average Bonchev–Trinajstić information content (AvgIpc) is 2.09. The minimum Gasteiger partial charge on any atom is -0.393 e. The molecule has 0 unspecified atom stereocenters. The van der Waals surface area contributed by atoms with Gasteiger partial charge in [0.2, 0.25) is 5.91 Å². The van der Waals surface area contributed by atoms with Crippen molar-refractivity contribution in [2.75, 3.05) is 0 Å². The Kier molecular flexibility index (Phi) is 3.96. The summed E-state index contributed by atoms with van der Waals surface area (Å²) in [5, 5.41) is 12.1. The van der Waals surface area contributed by atoms with E-state index in [1.165, 1.54) is 6.08 Å². The third kappa shape index (κ3) is 3.59. The lowest BCUT2D eigenvalue weighted by atomic mass is 9.93. The van der Waals surface area contributed by atoms with E-state index in [1.54, 1.807) is 6.08 Å². The van der Waals surface area contributed by atoms with Crippen molar-refractivity contribution in [3.05, 3.63) is 12.2 Å². The molecule has 0 saturated heterocycles. The summed E-state index contributed by atoms with van der Waals surface area (Å²) in [4.78, 5) is 11.1. The van der Waals surface area contributed by atoms with E-state index in [2.05, 4.69) is 5.32 Å². The molecule has 0 aromatic rings. The Balaban J connectivity index is 2.26. The molecular weight excluding hydrogens is 166 g/mol. The molecule has 3 nitrogen and oxygen atoms in total. The lowest BCUT2D eigenvalue weighted by Crippen LogP contribution is -2.37.